The number of ether oxygens (including phenoxy) is 1. The van der Waals surface area contributed by atoms with Crippen LogP contribution in [0.25, 0.3) is 5.69 Å². The van der Waals surface area contributed by atoms with Crippen LogP contribution in [-0.2, 0) is 22.3 Å². The van der Waals surface area contributed by atoms with Gasteiger partial charge in [0.25, 0.3) is 0 Å². The number of hydrogen-bond acceptors (Lipinski definition) is 5. The number of aromatic nitrogens is 4. The van der Waals surface area contributed by atoms with E-state index in [2.05, 4.69) is 15.3 Å². The number of nitrogens with zero attached hydrogens (tertiary/aromatic N) is 5. The van der Waals surface area contributed by atoms with Crippen LogP contribution < -0.4 is 0 Å². The Labute approximate surface area is 128 Å². The van der Waals surface area contributed by atoms with Gasteiger partial charge in [0, 0.05) is 6.54 Å². The van der Waals surface area contributed by atoms with E-state index >= 15 is 0 Å². The monoisotopic (exact) mass is 327 g/mol. The van der Waals surface area contributed by atoms with E-state index in [1.54, 1.807) is 11.1 Å². The molecular formula is C13H12F3N5O2. The quantitative estimate of drug-likeness (QED) is 0.842. The summed E-state index contributed by atoms with van der Waals surface area (Å²) in [7, 11) is 0. The van der Waals surface area contributed by atoms with Gasteiger partial charge in [-0.15, -0.1) is 5.10 Å². The van der Waals surface area contributed by atoms with Crippen molar-refractivity contribution >= 4 is 5.91 Å². The zero-order chi connectivity index (χ0) is 16.4. The zero-order valence-corrected chi connectivity index (χ0v) is 11.8. The van der Waals surface area contributed by atoms with Crippen LogP contribution >= 0.6 is 0 Å². The summed E-state index contributed by atoms with van der Waals surface area (Å²) in [6.07, 6.45) is -1.86. The topological polar surface area (TPSA) is 73.1 Å². The average Bonchev–Trinajstić information content (AvgIpc) is 2.97. The molecule has 7 nitrogen and oxygen atoms in total. The van der Waals surface area contributed by atoms with Crippen molar-refractivity contribution in [2.75, 3.05) is 19.8 Å². The molecule has 0 bridgehead atoms. The molecule has 3 heterocycles. The Kier molecular flexibility index (Phi) is 3.99. The molecule has 0 N–H and O–H groups in total. The predicted octanol–water partition coefficient (Wildman–Crippen LogP) is 1.04. The fourth-order valence-electron chi connectivity index (χ4n) is 2.10. The van der Waals surface area contributed by atoms with Crippen molar-refractivity contribution in [3.05, 3.63) is 35.9 Å². The van der Waals surface area contributed by atoms with Gasteiger partial charge in [0.1, 0.15) is 18.0 Å². The minimum Gasteiger partial charge on any atom is -0.370 e. The number of amides is 1. The molecule has 2 aromatic heterocycles. The number of carbonyl (C=O) groups excluding carboxylic acids is 1. The molecule has 0 aliphatic carbocycles. The largest absolute Gasteiger partial charge is 0.433 e. The Morgan fingerprint density at radius 1 is 1.30 bits per heavy atom. The number of halogens is 3. The molecule has 23 heavy (non-hydrogen) atoms. The Balaban J connectivity index is 1.72. The van der Waals surface area contributed by atoms with E-state index in [4.69, 9.17) is 4.74 Å². The van der Waals surface area contributed by atoms with Crippen molar-refractivity contribution in [1.82, 2.24) is 24.9 Å². The molecule has 0 atom stereocenters. The molecule has 0 aromatic carbocycles. The number of rotatable bonds is 3. The molecule has 1 saturated heterocycles. The van der Waals surface area contributed by atoms with Crippen LogP contribution in [0.2, 0.25) is 0 Å². The number of alkyl halides is 3. The number of morpholine rings is 1. The summed E-state index contributed by atoms with van der Waals surface area (Å²) >= 11 is 0. The van der Waals surface area contributed by atoms with E-state index < -0.39 is 11.9 Å². The molecule has 2 aromatic rings. The molecular weight excluding hydrogens is 315 g/mol. The molecule has 0 radical (unpaired) electrons. The van der Waals surface area contributed by atoms with E-state index in [1.165, 1.54) is 10.7 Å². The summed E-state index contributed by atoms with van der Waals surface area (Å²) in [6.45, 7) is 1.24. The fraction of sp³-hybridized carbons (Fsp3) is 0.385. The molecule has 0 saturated carbocycles. The van der Waals surface area contributed by atoms with Gasteiger partial charge in [0.15, 0.2) is 0 Å². The molecule has 1 aliphatic rings. The van der Waals surface area contributed by atoms with Crippen molar-refractivity contribution in [1.29, 1.82) is 0 Å². The van der Waals surface area contributed by atoms with Gasteiger partial charge < -0.3 is 9.64 Å². The molecule has 0 unspecified atom stereocenters. The van der Waals surface area contributed by atoms with E-state index in [1.807, 2.05) is 0 Å². The summed E-state index contributed by atoms with van der Waals surface area (Å²) in [5.41, 5.74) is -0.0919. The Morgan fingerprint density at radius 2 is 2.13 bits per heavy atom. The maximum atomic E-state index is 12.5. The maximum absolute atomic E-state index is 12.5. The number of carbonyl (C=O) groups is 1. The first-order valence-electron chi connectivity index (χ1n) is 6.74. The molecule has 1 fully saturated rings. The normalized spacial score (nSPS) is 16.0. The molecule has 3 rings (SSSR count). The highest BCUT2D eigenvalue weighted by atomic mass is 19.4. The predicted molar refractivity (Wildman–Crippen MR) is 70.4 cm³/mol. The van der Waals surface area contributed by atoms with E-state index in [0.29, 0.717) is 24.5 Å². The van der Waals surface area contributed by atoms with Gasteiger partial charge >= 0.3 is 6.18 Å². The van der Waals surface area contributed by atoms with Gasteiger partial charge in [-0.2, -0.15) is 13.2 Å². The fourth-order valence-corrected chi connectivity index (χ4v) is 2.10. The highest BCUT2D eigenvalue weighted by Gasteiger charge is 2.32. The first-order valence-corrected chi connectivity index (χ1v) is 6.74. The maximum Gasteiger partial charge on any atom is 0.433 e. The van der Waals surface area contributed by atoms with Crippen LogP contribution in [0.3, 0.4) is 0 Å². The third-order valence-corrected chi connectivity index (χ3v) is 3.28. The van der Waals surface area contributed by atoms with Crippen LogP contribution in [0.15, 0.2) is 24.5 Å². The van der Waals surface area contributed by atoms with Crippen molar-refractivity contribution in [2.24, 2.45) is 0 Å². The second-order valence-electron chi connectivity index (χ2n) is 4.92. The lowest BCUT2D eigenvalue weighted by atomic mass is 10.3. The summed E-state index contributed by atoms with van der Waals surface area (Å²) < 4.78 is 43.8. The van der Waals surface area contributed by atoms with Gasteiger partial charge in [-0.3, -0.25) is 4.79 Å². The van der Waals surface area contributed by atoms with Crippen LogP contribution in [0.5, 0.6) is 0 Å². The number of pyridine rings is 1. The van der Waals surface area contributed by atoms with E-state index in [0.717, 1.165) is 12.3 Å². The van der Waals surface area contributed by atoms with Crippen molar-refractivity contribution in [3.8, 4) is 5.69 Å². The number of hydrogen-bond donors (Lipinski definition) is 0. The summed E-state index contributed by atoms with van der Waals surface area (Å²) in [4.78, 5) is 16.6. The van der Waals surface area contributed by atoms with Gasteiger partial charge in [-0.05, 0) is 12.1 Å². The lowest BCUT2D eigenvalue weighted by Crippen LogP contribution is -2.41. The Hall–Kier alpha value is -2.49. The van der Waals surface area contributed by atoms with Gasteiger partial charge in [-0.25, -0.2) is 9.67 Å². The lowest BCUT2D eigenvalue weighted by Gasteiger charge is -2.25. The van der Waals surface area contributed by atoms with Crippen LogP contribution in [-0.4, -0.2) is 50.5 Å². The van der Waals surface area contributed by atoms with Crippen molar-refractivity contribution in [2.45, 2.75) is 12.7 Å². The third kappa shape index (κ3) is 3.47. The summed E-state index contributed by atoms with van der Waals surface area (Å²) in [5.74, 6) is -0.137. The molecule has 0 spiro atoms. The van der Waals surface area contributed by atoms with Crippen LogP contribution in [0.4, 0.5) is 13.2 Å². The van der Waals surface area contributed by atoms with Crippen LogP contribution in [0.1, 0.15) is 11.4 Å². The third-order valence-electron chi connectivity index (χ3n) is 3.28. The molecule has 1 aliphatic heterocycles. The SMILES string of the molecule is O=C1COCCN1Cc1cn(-c2ccc(C(F)(F)F)nc2)nn1. The summed E-state index contributed by atoms with van der Waals surface area (Å²) in [5, 5.41) is 7.77. The first-order chi connectivity index (χ1) is 10.9. The molecule has 1 amide bonds. The smallest absolute Gasteiger partial charge is 0.370 e. The lowest BCUT2D eigenvalue weighted by molar-refractivity contribution is -0.143. The average molecular weight is 327 g/mol. The zero-order valence-electron chi connectivity index (χ0n) is 11.8. The highest BCUT2D eigenvalue weighted by Crippen LogP contribution is 2.27. The first kappa shape index (κ1) is 15.4. The van der Waals surface area contributed by atoms with Gasteiger partial charge in [0.2, 0.25) is 5.91 Å². The van der Waals surface area contributed by atoms with Crippen molar-refractivity contribution in [3.63, 3.8) is 0 Å². The van der Waals surface area contributed by atoms with Gasteiger partial charge in [-0.1, -0.05) is 5.21 Å². The second kappa shape index (κ2) is 5.95. The molecule has 10 heteroatoms. The minimum absolute atomic E-state index is 0.0387. The Bertz CT molecular complexity index is 698. The van der Waals surface area contributed by atoms with Crippen molar-refractivity contribution < 1.29 is 22.7 Å². The van der Waals surface area contributed by atoms with E-state index in [9.17, 15) is 18.0 Å². The van der Waals surface area contributed by atoms with E-state index in [-0.39, 0.29) is 19.1 Å². The Morgan fingerprint density at radius 3 is 2.78 bits per heavy atom. The van der Waals surface area contributed by atoms with Gasteiger partial charge in [0.05, 0.1) is 31.2 Å². The molecule has 122 valence electrons. The van der Waals surface area contributed by atoms with Crippen LogP contribution in [0, 0.1) is 0 Å². The standard InChI is InChI=1S/C13H12F3N5O2/c14-13(15,16)11-2-1-10(5-17-11)21-7-9(18-19-21)6-20-3-4-23-8-12(20)22/h1-2,5,7H,3-4,6,8H2. The highest BCUT2D eigenvalue weighted by molar-refractivity contribution is 5.77. The summed E-state index contributed by atoms with van der Waals surface area (Å²) in [6, 6.07) is 2.14. The second-order valence-corrected chi connectivity index (χ2v) is 4.92. The minimum atomic E-state index is -4.48.